The maximum absolute atomic E-state index is 9.74. The fraction of sp³-hybridized carbons (Fsp3) is 0.857. The predicted molar refractivity (Wildman–Crippen MR) is 40.6 cm³/mol. The minimum atomic E-state index is -0.657. The highest BCUT2D eigenvalue weighted by atomic mass is 17.2. The smallest absolute Gasteiger partial charge is 0.438 e. The van der Waals surface area contributed by atoms with Crippen LogP contribution in [0, 0.1) is 0 Å². The molecule has 12 heavy (non-hydrogen) atoms. The molecule has 0 amide bonds. The average Bonchev–Trinajstić information content (AvgIpc) is 2.20. The molecule has 1 rings (SSSR count). The topological polar surface area (TPSA) is 54.0 Å². The van der Waals surface area contributed by atoms with Crippen molar-refractivity contribution in [2.24, 2.45) is 0 Å². The molecule has 1 fully saturated rings. The van der Waals surface area contributed by atoms with Crippen LogP contribution in [0.2, 0.25) is 0 Å². The van der Waals surface area contributed by atoms with Crippen LogP contribution in [0.1, 0.15) is 12.8 Å². The quantitative estimate of drug-likeness (QED) is 0.411. The molecule has 1 aliphatic rings. The van der Waals surface area contributed by atoms with Crippen LogP contribution in [0.3, 0.4) is 0 Å². The molecule has 0 bridgehead atoms. The summed E-state index contributed by atoms with van der Waals surface area (Å²) in [4.78, 5) is 18.9. The van der Waals surface area contributed by atoms with E-state index in [0.29, 0.717) is 0 Å². The van der Waals surface area contributed by atoms with Gasteiger partial charge in [0.1, 0.15) is 0 Å². The fourth-order valence-corrected chi connectivity index (χ4v) is 0.523. The Hall–Kier alpha value is -0.810. The van der Waals surface area contributed by atoms with Gasteiger partial charge in [-0.25, -0.2) is 14.6 Å². The summed E-state index contributed by atoms with van der Waals surface area (Å²) in [6.07, 6.45) is 1.65. The van der Waals surface area contributed by atoms with E-state index in [2.05, 4.69) is 19.2 Å². The van der Waals surface area contributed by atoms with Gasteiger partial charge >= 0.3 is 6.16 Å². The summed E-state index contributed by atoms with van der Waals surface area (Å²) in [6, 6.07) is 0. The Morgan fingerprint density at radius 1 is 1.08 bits per heavy atom. The molecule has 0 N–H and O–H groups in total. The number of carbonyl (C=O) groups is 1. The molecule has 1 aliphatic heterocycles. The van der Waals surface area contributed by atoms with Crippen LogP contribution < -0.4 is 0 Å². The first-order chi connectivity index (χ1) is 5.81. The van der Waals surface area contributed by atoms with E-state index in [-0.39, 0.29) is 0 Å². The minimum absolute atomic E-state index is 0.657. The van der Waals surface area contributed by atoms with Crippen molar-refractivity contribution in [1.29, 1.82) is 0 Å². The fourth-order valence-electron chi connectivity index (χ4n) is 0.523. The van der Waals surface area contributed by atoms with Crippen molar-refractivity contribution < 1.29 is 24.0 Å². The SMILES string of the molecule is C1CCOOC1.COC(=O)OC. The van der Waals surface area contributed by atoms with E-state index in [1.165, 1.54) is 14.2 Å². The number of rotatable bonds is 0. The first kappa shape index (κ1) is 11.2. The highest BCUT2D eigenvalue weighted by molar-refractivity contribution is 5.59. The van der Waals surface area contributed by atoms with Gasteiger partial charge in [-0.3, -0.25) is 0 Å². The van der Waals surface area contributed by atoms with E-state index in [4.69, 9.17) is 0 Å². The molecule has 0 aliphatic carbocycles. The van der Waals surface area contributed by atoms with Crippen LogP contribution in [0.5, 0.6) is 0 Å². The van der Waals surface area contributed by atoms with Gasteiger partial charge in [0.05, 0.1) is 27.4 Å². The van der Waals surface area contributed by atoms with Gasteiger partial charge in [-0.1, -0.05) is 0 Å². The van der Waals surface area contributed by atoms with E-state index >= 15 is 0 Å². The van der Waals surface area contributed by atoms with Crippen molar-refractivity contribution in [2.75, 3.05) is 27.4 Å². The van der Waals surface area contributed by atoms with E-state index in [9.17, 15) is 4.79 Å². The molecule has 5 nitrogen and oxygen atoms in total. The lowest BCUT2D eigenvalue weighted by Gasteiger charge is -2.07. The zero-order chi connectivity index (χ0) is 9.23. The Morgan fingerprint density at radius 2 is 1.50 bits per heavy atom. The largest absolute Gasteiger partial charge is 0.507 e. The van der Waals surface area contributed by atoms with Crippen LogP contribution >= 0.6 is 0 Å². The summed E-state index contributed by atoms with van der Waals surface area (Å²) in [5.74, 6) is 0. The lowest BCUT2D eigenvalue weighted by molar-refractivity contribution is -0.312. The highest BCUT2D eigenvalue weighted by Gasteiger charge is 1.95. The second-order valence-electron chi connectivity index (χ2n) is 2.01. The molecule has 0 saturated carbocycles. The standard InChI is InChI=1S/C4H8O2.C3H6O3/c1-2-4-6-5-3-1;1-5-3(4)6-2/h1-4H2;1-2H3. The first-order valence-corrected chi connectivity index (χ1v) is 3.67. The number of ether oxygens (including phenoxy) is 2. The predicted octanol–water partition coefficient (Wildman–Crippen LogP) is 1.13. The molecule has 1 heterocycles. The van der Waals surface area contributed by atoms with Crippen molar-refractivity contribution in [1.82, 2.24) is 0 Å². The summed E-state index contributed by atoms with van der Waals surface area (Å²) >= 11 is 0. The molecule has 1 saturated heterocycles. The molecule has 0 aromatic heterocycles. The lowest BCUT2D eigenvalue weighted by Crippen LogP contribution is -2.05. The molecular weight excluding hydrogens is 164 g/mol. The molecule has 0 atom stereocenters. The summed E-state index contributed by atoms with van der Waals surface area (Å²) in [5.41, 5.74) is 0. The number of carbonyl (C=O) groups excluding carboxylic acids is 1. The van der Waals surface area contributed by atoms with Crippen LogP contribution in [-0.2, 0) is 19.2 Å². The Bertz CT molecular complexity index is 92.9. The van der Waals surface area contributed by atoms with Crippen molar-refractivity contribution in [3.63, 3.8) is 0 Å². The van der Waals surface area contributed by atoms with E-state index in [0.717, 1.165) is 26.1 Å². The van der Waals surface area contributed by atoms with Gasteiger partial charge in [0.15, 0.2) is 0 Å². The average molecular weight is 178 g/mol. The van der Waals surface area contributed by atoms with Gasteiger partial charge in [0.25, 0.3) is 0 Å². The van der Waals surface area contributed by atoms with Crippen LogP contribution in [0.15, 0.2) is 0 Å². The molecule has 0 aromatic carbocycles. The maximum atomic E-state index is 9.74. The zero-order valence-electron chi connectivity index (χ0n) is 7.37. The third-order valence-corrected chi connectivity index (χ3v) is 1.12. The van der Waals surface area contributed by atoms with Crippen molar-refractivity contribution >= 4 is 6.16 Å². The third-order valence-electron chi connectivity index (χ3n) is 1.12. The van der Waals surface area contributed by atoms with Gasteiger partial charge in [-0.15, -0.1) is 0 Å². The molecule has 0 unspecified atom stereocenters. The van der Waals surface area contributed by atoms with E-state index in [1.54, 1.807) is 0 Å². The van der Waals surface area contributed by atoms with Crippen LogP contribution in [0.4, 0.5) is 4.79 Å². The van der Waals surface area contributed by atoms with Gasteiger partial charge in [-0.05, 0) is 12.8 Å². The Labute approximate surface area is 71.5 Å². The van der Waals surface area contributed by atoms with Gasteiger partial charge in [0.2, 0.25) is 0 Å². The molecule has 5 heteroatoms. The maximum Gasteiger partial charge on any atom is 0.507 e. The summed E-state index contributed by atoms with van der Waals surface area (Å²) in [5, 5.41) is 0. The van der Waals surface area contributed by atoms with Crippen molar-refractivity contribution in [3.05, 3.63) is 0 Å². The summed E-state index contributed by atoms with van der Waals surface area (Å²) in [6.45, 7) is 1.56. The van der Waals surface area contributed by atoms with E-state index < -0.39 is 6.16 Å². The molecule has 0 aromatic rings. The number of hydrogen-bond donors (Lipinski definition) is 0. The molecule has 72 valence electrons. The van der Waals surface area contributed by atoms with Crippen molar-refractivity contribution in [3.8, 4) is 0 Å². The zero-order valence-corrected chi connectivity index (χ0v) is 7.37. The van der Waals surface area contributed by atoms with E-state index in [1.807, 2.05) is 0 Å². The Morgan fingerprint density at radius 3 is 1.58 bits per heavy atom. The normalized spacial score (nSPS) is 15.5. The molecule has 0 spiro atoms. The Balaban J connectivity index is 0.000000202. The van der Waals surface area contributed by atoms with Crippen LogP contribution in [0.25, 0.3) is 0 Å². The minimum Gasteiger partial charge on any atom is -0.438 e. The number of hydrogen-bond acceptors (Lipinski definition) is 5. The summed E-state index contributed by atoms with van der Waals surface area (Å²) < 4.78 is 8.08. The van der Waals surface area contributed by atoms with Crippen LogP contribution in [-0.4, -0.2) is 33.6 Å². The van der Waals surface area contributed by atoms with Gasteiger partial charge < -0.3 is 9.47 Å². The highest BCUT2D eigenvalue weighted by Crippen LogP contribution is 1.97. The number of methoxy groups -OCH3 is 2. The molecule has 0 radical (unpaired) electrons. The van der Waals surface area contributed by atoms with Gasteiger partial charge in [-0.2, -0.15) is 0 Å². The Kier molecular flexibility index (Phi) is 7.73. The second kappa shape index (κ2) is 8.29. The monoisotopic (exact) mass is 178 g/mol. The molecular formula is C7H14O5. The van der Waals surface area contributed by atoms with Gasteiger partial charge in [0, 0.05) is 0 Å². The first-order valence-electron chi connectivity index (χ1n) is 3.67. The van der Waals surface area contributed by atoms with Crippen molar-refractivity contribution in [2.45, 2.75) is 12.8 Å². The lowest BCUT2D eigenvalue weighted by atomic mass is 10.3. The summed E-state index contributed by atoms with van der Waals surface area (Å²) in [7, 11) is 2.51. The third kappa shape index (κ3) is 7.30. The second-order valence-corrected chi connectivity index (χ2v) is 2.01.